The average Bonchev–Trinajstić information content (AvgIpc) is 3.70. The van der Waals surface area contributed by atoms with Crippen molar-refractivity contribution in [1.29, 1.82) is 0 Å². The van der Waals surface area contributed by atoms with E-state index in [1.807, 2.05) is 39.5 Å². The molecule has 3 aliphatic rings. The molecule has 16 nitrogen and oxygen atoms in total. The fourth-order valence-electron chi connectivity index (χ4n) is 4.70. The number of rotatable bonds is 12. The maximum absolute atomic E-state index is 12.1. The normalized spacial score (nSPS) is 24.7. The van der Waals surface area contributed by atoms with Gasteiger partial charge in [-0.05, 0) is 13.8 Å². The van der Waals surface area contributed by atoms with E-state index >= 15 is 0 Å². The molecule has 16 heteroatoms. The summed E-state index contributed by atoms with van der Waals surface area (Å²) in [6.07, 6.45) is 3.15. The van der Waals surface area contributed by atoms with E-state index in [9.17, 15) is 19.2 Å². The fourth-order valence-corrected chi connectivity index (χ4v) is 4.70. The van der Waals surface area contributed by atoms with Gasteiger partial charge in [0.2, 0.25) is 13.3 Å². The van der Waals surface area contributed by atoms with E-state index in [1.54, 1.807) is 11.1 Å². The SMILES string of the molecule is CC(=O)OC[C@H]1O[C@@H](n2cc(CN3[C]N(CCN4[C]N(C(C)C)C=C4)C=C3)nn2)[C@H](OC(C)=O)[C@@H](OC(C)=O)[C@@H]1OC(C)=O. The van der Waals surface area contributed by atoms with Gasteiger partial charge in [0, 0.05) is 71.6 Å². The highest BCUT2D eigenvalue weighted by molar-refractivity contribution is 5.68. The Bertz CT molecular complexity index is 1250. The van der Waals surface area contributed by atoms with Gasteiger partial charge in [-0.2, -0.15) is 0 Å². The molecule has 1 aromatic heterocycles. The number of carbonyl (C=O) groups excluding carboxylic acids is 4. The quantitative estimate of drug-likeness (QED) is 0.238. The lowest BCUT2D eigenvalue weighted by Crippen LogP contribution is -2.60. The van der Waals surface area contributed by atoms with Gasteiger partial charge in [0.1, 0.15) is 18.4 Å². The zero-order valence-corrected chi connectivity index (χ0v) is 25.5. The Balaban J connectivity index is 1.45. The first-order chi connectivity index (χ1) is 20.9. The van der Waals surface area contributed by atoms with Gasteiger partial charge in [-0.25, -0.2) is 4.68 Å². The van der Waals surface area contributed by atoms with E-state index in [-0.39, 0.29) is 6.61 Å². The van der Waals surface area contributed by atoms with E-state index in [4.69, 9.17) is 23.7 Å². The molecule has 0 N–H and O–H groups in total. The Kier molecular flexibility index (Phi) is 10.7. The van der Waals surface area contributed by atoms with Crippen LogP contribution < -0.4 is 0 Å². The number of hydrogen-bond acceptors (Lipinski definition) is 15. The number of ether oxygens (including phenoxy) is 5. The molecule has 0 bridgehead atoms. The molecular weight excluding hydrogens is 578 g/mol. The topological polar surface area (TPSA) is 158 Å². The van der Waals surface area contributed by atoms with E-state index < -0.39 is 54.5 Å². The number of esters is 4. The molecule has 3 aliphatic heterocycles. The van der Waals surface area contributed by atoms with Crippen LogP contribution in [0.4, 0.5) is 0 Å². The van der Waals surface area contributed by atoms with Crippen LogP contribution in [0.25, 0.3) is 0 Å². The van der Waals surface area contributed by atoms with Gasteiger partial charge in [-0.1, -0.05) is 5.21 Å². The number of nitrogens with zero attached hydrogens (tertiary/aromatic N) is 7. The van der Waals surface area contributed by atoms with Crippen molar-refractivity contribution in [2.45, 2.75) is 84.8 Å². The summed E-state index contributed by atoms with van der Waals surface area (Å²) in [5, 5.41) is 8.40. The molecule has 4 radical (unpaired) electrons. The van der Waals surface area contributed by atoms with Crippen LogP contribution in [0.3, 0.4) is 0 Å². The highest BCUT2D eigenvalue weighted by atomic mass is 16.7. The lowest BCUT2D eigenvalue weighted by Gasteiger charge is -2.44. The molecule has 4 rings (SSSR count). The lowest BCUT2D eigenvalue weighted by molar-refractivity contribution is -0.270. The molecular formula is C28H37N7O9. The molecule has 0 aromatic carbocycles. The molecule has 0 saturated carbocycles. The van der Waals surface area contributed by atoms with Crippen molar-refractivity contribution in [2.24, 2.45) is 0 Å². The highest BCUT2D eigenvalue weighted by Crippen LogP contribution is 2.34. The van der Waals surface area contributed by atoms with Crippen LogP contribution in [0.5, 0.6) is 0 Å². The molecule has 0 unspecified atom stereocenters. The average molecular weight is 616 g/mol. The monoisotopic (exact) mass is 615 g/mol. The van der Waals surface area contributed by atoms with E-state index in [0.29, 0.717) is 31.4 Å². The van der Waals surface area contributed by atoms with Gasteiger partial charge in [0.05, 0.1) is 12.7 Å². The second-order valence-electron chi connectivity index (χ2n) is 10.6. The van der Waals surface area contributed by atoms with Crippen molar-refractivity contribution in [3.05, 3.63) is 50.0 Å². The number of aromatic nitrogens is 3. The van der Waals surface area contributed by atoms with Crippen LogP contribution in [0.2, 0.25) is 0 Å². The smallest absolute Gasteiger partial charge is 0.303 e. The maximum atomic E-state index is 12.1. The third-order valence-corrected chi connectivity index (χ3v) is 6.59. The summed E-state index contributed by atoms with van der Waals surface area (Å²) in [6, 6.07) is 0.330. The van der Waals surface area contributed by atoms with Gasteiger partial charge in [0.25, 0.3) is 0 Å². The Morgan fingerprint density at radius 3 is 2.02 bits per heavy atom. The highest BCUT2D eigenvalue weighted by Gasteiger charge is 2.53. The van der Waals surface area contributed by atoms with Crippen LogP contribution in [-0.2, 0) is 49.4 Å². The summed E-state index contributed by atoms with van der Waals surface area (Å²) in [5.74, 6) is -2.74. The summed E-state index contributed by atoms with van der Waals surface area (Å²) >= 11 is 0. The molecule has 44 heavy (non-hydrogen) atoms. The summed E-state index contributed by atoms with van der Waals surface area (Å²) in [6.45, 7) is 16.8. The second-order valence-corrected chi connectivity index (χ2v) is 10.6. The van der Waals surface area contributed by atoms with Gasteiger partial charge in [-0.15, -0.1) is 5.10 Å². The predicted octanol–water partition coefficient (Wildman–Crippen LogP) is 0.612. The Hall–Kier alpha value is -4.34. The minimum atomic E-state index is -1.31. The van der Waals surface area contributed by atoms with Crippen molar-refractivity contribution in [1.82, 2.24) is 34.6 Å². The first-order valence-electron chi connectivity index (χ1n) is 14.1. The molecule has 0 spiro atoms. The Labute approximate surface area is 256 Å². The van der Waals surface area contributed by atoms with Crippen molar-refractivity contribution in [3.8, 4) is 0 Å². The van der Waals surface area contributed by atoms with Crippen molar-refractivity contribution in [2.75, 3.05) is 19.7 Å². The second kappa shape index (κ2) is 14.4. The van der Waals surface area contributed by atoms with E-state index in [2.05, 4.69) is 37.5 Å². The number of hydrogen-bond donors (Lipinski definition) is 0. The molecule has 0 aliphatic carbocycles. The summed E-state index contributed by atoms with van der Waals surface area (Å²) in [5.41, 5.74) is 0.522. The summed E-state index contributed by atoms with van der Waals surface area (Å²) in [7, 11) is 0. The first kappa shape index (κ1) is 32.6. The molecule has 1 aromatic rings. The lowest BCUT2D eigenvalue weighted by atomic mass is 9.97. The Morgan fingerprint density at radius 1 is 0.818 bits per heavy atom. The minimum absolute atomic E-state index is 0.307. The minimum Gasteiger partial charge on any atom is -0.463 e. The summed E-state index contributed by atoms with van der Waals surface area (Å²) in [4.78, 5) is 55.4. The zero-order valence-electron chi connectivity index (χ0n) is 25.5. The molecule has 1 saturated heterocycles. The first-order valence-corrected chi connectivity index (χ1v) is 14.1. The molecule has 1 fully saturated rings. The maximum Gasteiger partial charge on any atom is 0.303 e. The van der Waals surface area contributed by atoms with Crippen LogP contribution in [0, 0.1) is 13.3 Å². The molecule has 0 amide bonds. The van der Waals surface area contributed by atoms with E-state index in [1.165, 1.54) is 18.5 Å². The summed E-state index contributed by atoms with van der Waals surface area (Å²) < 4.78 is 29.0. The van der Waals surface area contributed by atoms with Gasteiger partial charge in [0.15, 0.2) is 24.5 Å². The van der Waals surface area contributed by atoms with Crippen LogP contribution in [0.15, 0.2) is 31.0 Å². The van der Waals surface area contributed by atoms with Crippen LogP contribution in [-0.4, -0.2) is 109 Å². The van der Waals surface area contributed by atoms with Gasteiger partial charge < -0.3 is 43.3 Å². The Morgan fingerprint density at radius 2 is 1.41 bits per heavy atom. The largest absolute Gasteiger partial charge is 0.463 e. The third-order valence-electron chi connectivity index (χ3n) is 6.59. The zero-order chi connectivity index (χ0) is 32.0. The van der Waals surface area contributed by atoms with Crippen molar-refractivity contribution >= 4 is 23.9 Å². The predicted molar refractivity (Wildman–Crippen MR) is 148 cm³/mol. The van der Waals surface area contributed by atoms with Crippen molar-refractivity contribution < 1.29 is 42.9 Å². The molecule has 238 valence electrons. The van der Waals surface area contributed by atoms with Crippen LogP contribution in [0.1, 0.15) is 53.5 Å². The van der Waals surface area contributed by atoms with Gasteiger partial charge >= 0.3 is 23.9 Å². The van der Waals surface area contributed by atoms with Gasteiger partial charge in [-0.3, -0.25) is 19.2 Å². The number of carbonyl (C=O) groups is 4. The fraction of sp³-hybridized carbons (Fsp3) is 0.571. The third kappa shape index (κ3) is 8.61. The van der Waals surface area contributed by atoms with Crippen molar-refractivity contribution in [3.63, 3.8) is 0 Å². The standard InChI is InChI=1S/C28H37N7O9/c1-18(2)34-12-11-32(17-34)8-7-31-9-10-33(16-31)13-23-14-35(30-29-23)28-27(43-22(6)39)26(42-21(5)38)25(41-20(4)37)24(44-28)15-40-19(3)36/h9-12,14,18,24-28H,7-8,13,15H2,1-6H3/t24-,25-,26+,27-,28-/m1/s1. The van der Waals surface area contributed by atoms with E-state index in [0.717, 1.165) is 13.8 Å². The molecule has 4 heterocycles. The van der Waals surface area contributed by atoms with Crippen LogP contribution >= 0.6 is 0 Å². The molecule has 5 atom stereocenters.